The number of methoxy groups -OCH3 is 3. The molecule has 1 fully saturated rings. The third-order valence-electron chi connectivity index (χ3n) is 7.91. The molecule has 2 aromatic rings. The molecule has 0 radical (unpaired) electrons. The average Bonchev–Trinajstić information content (AvgIpc) is 3.61. The number of carbonyl (C=O) groups excluding carboxylic acids is 1. The molecule has 1 N–H and O–H groups in total. The van der Waals surface area contributed by atoms with E-state index in [-0.39, 0.29) is 19.4 Å². The Morgan fingerprint density at radius 1 is 0.951 bits per heavy atom. The maximum Gasteiger partial charge on any atom is 0.310 e. The molecule has 0 aromatic heterocycles. The topological polar surface area (TPSA) is 97.0 Å². The van der Waals surface area contributed by atoms with Gasteiger partial charge in [0.1, 0.15) is 0 Å². The summed E-state index contributed by atoms with van der Waals surface area (Å²) in [5.74, 6) is 0.728. The van der Waals surface area contributed by atoms with Crippen molar-refractivity contribution in [1.82, 2.24) is 10.4 Å². The van der Waals surface area contributed by atoms with Crippen LogP contribution >= 0.6 is 0 Å². The molecule has 0 amide bonds. The Balaban J connectivity index is 1.83. The molecule has 2 aromatic carbocycles. The summed E-state index contributed by atoms with van der Waals surface area (Å²) < 4.78 is 34.4. The van der Waals surface area contributed by atoms with Gasteiger partial charge in [-0.25, -0.2) is 0 Å². The molecule has 218 valence electrons. The summed E-state index contributed by atoms with van der Waals surface area (Å²) in [6, 6.07) is 7.62. The van der Waals surface area contributed by atoms with E-state index in [4.69, 9.17) is 33.3 Å². The monoisotopic (exact) mass is 564 g/mol. The van der Waals surface area contributed by atoms with Gasteiger partial charge in [-0.3, -0.25) is 14.5 Å². The van der Waals surface area contributed by atoms with Gasteiger partial charge in [0, 0.05) is 31.1 Å². The Hall–Kier alpha value is -3.99. The zero-order valence-corrected chi connectivity index (χ0v) is 23.6. The van der Waals surface area contributed by atoms with Crippen LogP contribution in [0.2, 0.25) is 0 Å². The third-order valence-corrected chi connectivity index (χ3v) is 7.91. The van der Waals surface area contributed by atoms with Crippen molar-refractivity contribution in [2.45, 2.75) is 11.6 Å². The molecule has 0 unspecified atom stereocenters. The van der Waals surface area contributed by atoms with E-state index in [2.05, 4.69) is 30.1 Å². The molecule has 0 spiro atoms. The summed E-state index contributed by atoms with van der Waals surface area (Å²) in [6.45, 7) is 13.3. The van der Waals surface area contributed by atoms with Crippen LogP contribution in [0.1, 0.15) is 22.6 Å². The number of hydrogen-bond acceptors (Lipinski definition) is 10. The molecular formula is C31H36N2O8. The lowest BCUT2D eigenvalue weighted by Gasteiger charge is -2.52. The number of hydrogen-bond donors (Lipinski definition) is 1. The van der Waals surface area contributed by atoms with Crippen molar-refractivity contribution in [1.29, 1.82) is 0 Å². The fourth-order valence-corrected chi connectivity index (χ4v) is 6.32. The van der Waals surface area contributed by atoms with Crippen molar-refractivity contribution in [3.05, 3.63) is 78.9 Å². The lowest BCUT2D eigenvalue weighted by atomic mass is 9.63. The van der Waals surface area contributed by atoms with Gasteiger partial charge in [-0.15, -0.1) is 19.7 Å². The van der Waals surface area contributed by atoms with Crippen molar-refractivity contribution in [3.8, 4) is 28.7 Å². The zero-order valence-electron chi connectivity index (χ0n) is 23.6. The van der Waals surface area contributed by atoms with E-state index in [1.54, 1.807) is 39.6 Å². The summed E-state index contributed by atoms with van der Waals surface area (Å²) >= 11 is 0. The molecule has 10 heteroatoms. The first kappa shape index (κ1) is 28.5. The van der Waals surface area contributed by atoms with Crippen molar-refractivity contribution in [3.63, 3.8) is 0 Å². The van der Waals surface area contributed by atoms with Gasteiger partial charge in [0.05, 0.1) is 39.8 Å². The lowest BCUT2D eigenvalue weighted by Crippen LogP contribution is -2.60. The lowest BCUT2D eigenvalue weighted by molar-refractivity contribution is -0.240. The van der Waals surface area contributed by atoms with Gasteiger partial charge in [-0.05, 0) is 35.4 Å². The number of ether oxygens (including phenoxy) is 6. The number of benzene rings is 2. The number of nitrogens with zero attached hydrogens (tertiary/aromatic N) is 1. The molecule has 5 rings (SSSR count). The van der Waals surface area contributed by atoms with E-state index in [1.165, 1.54) is 0 Å². The number of carbonyl (C=O) groups is 1. The van der Waals surface area contributed by atoms with E-state index < -0.39 is 23.5 Å². The minimum absolute atomic E-state index is 0.0908. The zero-order chi connectivity index (χ0) is 29.1. The number of cyclic esters (lactones) is 1. The van der Waals surface area contributed by atoms with Gasteiger partial charge in [-0.2, -0.15) is 5.48 Å². The standard InChI is InChI=1S/C31H36N2O8/c1-7-10-32-41-31(33(11-8-2)12-9-3)21-16-24-23(39-18-40-24)15-20(21)27(28-22(31)17-38-30(28)34)19-13-25(35-4)29(37-6)26(14-19)36-5/h7-9,13-16,22,27-28,32H,1-3,10-12,17-18H2,4-6H3/t22-,27+,28-,31-/m0/s1. The van der Waals surface area contributed by atoms with E-state index in [0.29, 0.717) is 48.4 Å². The molecule has 0 saturated carbocycles. The quantitative estimate of drug-likeness (QED) is 0.127. The van der Waals surface area contributed by atoms with Crippen molar-refractivity contribution in [2.24, 2.45) is 11.8 Å². The van der Waals surface area contributed by atoms with Gasteiger partial charge in [0.2, 0.25) is 12.5 Å². The van der Waals surface area contributed by atoms with E-state index in [0.717, 1.165) is 16.7 Å². The summed E-state index contributed by atoms with van der Waals surface area (Å²) in [7, 11) is 4.68. The van der Waals surface area contributed by atoms with Crippen LogP contribution in [0.15, 0.2) is 62.2 Å². The molecule has 2 heterocycles. The van der Waals surface area contributed by atoms with Gasteiger partial charge in [-0.1, -0.05) is 18.2 Å². The number of esters is 1. The number of rotatable bonds is 13. The van der Waals surface area contributed by atoms with Gasteiger partial charge in [0.15, 0.2) is 28.7 Å². The second-order valence-electron chi connectivity index (χ2n) is 9.91. The largest absolute Gasteiger partial charge is 0.493 e. The summed E-state index contributed by atoms with van der Waals surface area (Å²) in [6.07, 6.45) is 5.30. The maximum atomic E-state index is 13.7. The predicted octanol–water partition coefficient (Wildman–Crippen LogP) is 3.91. The van der Waals surface area contributed by atoms with Crippen molar-refractivity contribution in [2.75, 3.05) is 54.4 Å². The summed E-state index contributed by atoms with van der Waals surface area (Å²) in [4.78, 5) is 22.4. The fourth-order valence-electron chi connectivity index (χ4n) is 6.32. The van der Waals surface area contributed by atoms with Crippen LogP contribution < -0.4 is 29.2 Å². The summed E-state index contributed by atoms with van der Waals surface area (Å²) in [5.41, 5.74) is 4.31. The average molecular weight is 565 g/mol. The van der Waals surface area contributed by atoms with Crippen LogP contribution in [0.25, 0.3) is 0 Å². The van der Waals surface area contributed by atoms with Crippen LogP contribution in [-0.4, -0.2) is 65.2 Å². The predicted molar refractivity (Wildman–Crippen MR) is 151 cm³/mol. The number of fused-ring (bicyclic) bond motifs is 3. The highest BCUT2D eigenvalue weighted by atomic mass is 16.7. The van der Waals surface area contributed by atoms with E-state index >= 15 is 0 Å². The Morgan fingerprint density at radius 3 is 2.20 bits per heavy atom. The molecule has 0 bridgehead atoms. The smallest absolute Gasteiger partial charge is 0.310 e. The molecule has 1 saturated heterocycles. The molecule has 3 aliphatic rings. The molecule has 2 aliphatic heterocycles. The van der Waals surface area contributed by atoms with Crippen LogP contribution in [0.4, 0.5) is 0 Å². The first-order chi connectivity index (χ1) is 20.0. The minimum Gasteiger partial charge on any atom is -0.493 e. The van der Waals surface area contributed by atoms with Crippen molar-refractivity contribution >= 4 is 5.97 Å². The molecule has 10 nitrogen and oxygen atoms in total. The number of nitrogens with one attached hydrogen (secondary N) is 1. The molecular weight excluding hydrogens is 528 g/mol. The highest BCUT2D eigenvalue weighted by molar-refractivity contribution is 5.79. The van der Waals surface area contributed by atoms with Crippen LogP contribution in [0.5, 0.6) is 28.7 Å². The van der Waals surface area contributed by atoms with Crippen molar-refractivity contribution < 1.29 is 38.1 Å². The highest BCUT2D eigenvalue weighted by Gasteiger charge is 2.63. The summed E-state index contributed by atoms with van der Waals surface area (Å²) in [5, 5.41) is 0. The van der Waals surface area contributed by atoms with Gasteiger partial charge in [0.25, 0.3) is 0 Å². The number of hydroxylamine groups is 1. The normalized spacial score (nSPS) is 23.8. The van der Waals surface area contributed by atoms with Crippen LogP contribution in [-0.2, 0) is 20.1 Å². The molecule has 4 atom stereocenters. The Labute approximate surface area is 240 Å². The Morgan fingerprint density at radius 2 is 1.61 bits per heavy atom. The maximum absolute atomic E-state index is 13.7. The van der Waals surface area contributed by atoms with Crippen LogP contribution in [0.3, 0.4) is 0 Å². The SMILES string of the molecule is C=CCNO[C@@]1(N(CC=C)CC=C)c2cc3c(cc2[C@@H](c2cc(OC)c(OC)c(OC)c2)[C@H]2C(=O)OC[C@@H]21)OCO3. The molecule has 1 aliphatic carbocycles. The van der Waals surface area contributed by atoms with E-state index in [1.807, 2.05) is 24.3 Å². The second kappa shape index (κ2) is 11.9. The first-order valence-electron chi connectivity index (χ1n) is 13.4. The third kappa shape index (κ3) is 4.61. The second-order valence-corrected chi connectivity index (χ2v) is 9.91. The molecule has 41 heavy (non-hydrogen) atoms. The van der Waals surface area contributed by atoms with Gasteiger partial charge >= 0.3 is 5.97 Å². The van der Waals surface area contributed by atoms with Crippen LogP contribution in [0, 0.1) is 11.8 Å². The minimum atomic E-state index is -1.17. The Bertz CT molecular complexity index is 1310. The van der Waals surface area contributed by atoms with Gasteiger partial charge < -0.3 is 28.4 Å². The highest BCUT2D eigenvalue weighted by Crippen LogP contribution is 2.59. The van der Waals surface area contributed by atoms with E-state index in [9.17, 15) is 4.79 Å². The first-order valence-corrected chi connectivity index (χ1v) is 13.4. The fraction of sp³-hybridized carbons (Fsp3) is 0.387. The Kier molecular flexibility index (Phi) is 8.25.